The molecule has 0 amide bonds. The first-order valence-corrected chi connectivity index (χ1v) is 7.37. The molecule has 3 aromatic rings. The fourth-order valence-corrected chi connectivity index (χ4v) is 2.58. The van der Waals surface area contributed by atoms with Gasteiger partial charge in [0.25, 0.3) is 0 Å². The third kappa shape index (κ3) is 2.45. The Morgan fingerprint density at radius 3 is 2.57 bits per heavy atom. The minimum Gasteiger partial charge on any atom is -0.490 e. The zero-order valence-corrected chi connectivity index (χ0v) is 12.0. The van der Waals surface area contributed by atoms with Gasteiger partial charge in [-0.15, -0.1) is 10.2 Å². The molecule has 0 spiro atoms. The van der Waals surface area contributed by atoms with Crippen LogP contribution in [-0.2, 0) is 0 Å². The summed E-state index contributed by atoms with van der Waals surface area (Å²) in [5.74, 6) is 0.885. The molecule has 1 heterocycles. The van der Waals surface area contributed by atoms with Crippen molar-refractivity contribution < 1.29 is 4.74 Å². The first kappa shape index (κ1) is 12.6. The molecule has 1 fully saturated rings. The largest absolute Gasteiger partial charge is 0.490 e. The fourth-order valence-electron chi connectivity index (χ4n) is 2.38. The number of benzene rings is 2. The molecule has 0 unspecified atom stereocenters. The average molecular weight is 297 g/mol. The van der Waals surface area contributed by atoms with Crippen molar-refractivity contribution in [2.45, 2.75) is 18.9 Å². The van der Waals surface area contributed by atoms with Gasteiger partial charge in [-0.25, -0.2) is 0 Å². The Balaban J connectivity index is 1.84. The van der Waals surface area contributed by atoms with Crippen LogP contribution in [0.25, 0.3) is 22.0 Å². The molecule has 1 aliphatic rings. The summed E-state index contributed by atoms with van der Waals surface area (Å²) in [6.07, 6.45) is 2.68. The van der Waals surface area contributed by atoms with Crippen molar-refractivity contribution in [3.8, 4) is 17.0 Å². The highest BCUT2D eigenvalue weighted by atomic mass is 35.5. The van der Waals surface area contributed by atoms with Crippen molar-refractivity contribution in [2.75, 3.05) is 0 Å². The summed E-state index contributed by atoms with van der Waals surface area (Å²) in [6.45, 7) is 0. The van der Waals surface area contributed by atoms with E-state index in [0.29, 0.717) is 11.3 Å². The Kier molecular flexibility index (Phi) is 3.00. The lowest BCUT2D eigenvalue weighted by atomic mass is 10.1. The van der Waals surface area contributed by atoms with E-state index in [1.165, 1.54) is 0 Å². The van der Waals surface area contributed by atoms with Crippen molar-refractivity contribution in [1.82, 2.24) is 10.2 Å². The van der Waals surface area contributed by atoms with Crippen LogP contribution in [0.1, 0.15) is 12.8 Å². The van der Waals surface area contributed by atoms with E-state index in [1.54, 1.807) is 0 Å². The van der Waals surface area contributed by atoms with E-state index in [-0.39, 0.29) is 0 Å². The first-order valence-electron chi connectivity index (χ1n) is 6.99. The van der Waals surface area contributed by atoms with E-state index in [0.717, 1.165) is 40.6 Å². The number of aromatic nitrogens is 2. The Morgan fingerprint density at radius 1 is 0.952 bits per heavy atom. The number of fused-ring (bicyclic) bond motifs is 1. The Morgan fingerprint density at radius 2 is 1.76 bits per heavy atom. The summed E-state index contributed by atoms with van der Waals surface area (Å²) in [7, 11) is 0. The maximum Gasteiger partial charge on any atom is 0.159 e. The van der Waals surface area contributed by atoms with Gasteiger partial charge in [-0.1, -0.05) is 48.0 Å². The second kappa shape index (κ2) is 5.01. The molecule has 0 radical (unpaired) electrons. The molecule has 0 bridgehead atoms. The van der Waals surface area contributed by atoms with Crippen molar-refractivity contribution >= 4 is 22.4 Å². The van der Waals surface area contributed by atoms with Crippen molar-refractivity contribution in [1.29, 1.82) is 0 Å². The van der Waals surface area contributed by atoms with E-state index < -0.39 is 0 Å². The summed E-state index contributed by atoms with van der Waals surface area (Å²) in [6, 6.07) is 15.9. The standard InChI is InChI=1S/C17H13ClN2O/c18-17-15-7-2-1-6-14(15)16(19-20-17)11-4-3-5-13(10-11)21-12-8-9-12/h1-7,10,12H,8-9H2. The number of halogens is 1. The summed E-state index contributed by atoms with van der Waals surface area (Å²) in [5.41, 5.74) is 1.82. The average Bonchev–Trinajstić information content (AvgIpc) is 3.32. The molecular formula is C17H13ClN2O. The van der Waals surface area contributed by atoms with Crippen molar-refractivity contribution in [3.05, 3.63) is 53.7 Å². The van der Waals surface area contributed by atoms with Crippen molar-refractivity contribution in [2.24, 2.45) is 0 Å². The molecule has 21 heavy (non-hydrogen) atoms. The zero-order valence-electron chi connectivity index (χ0n) is 11.3. The first-order chi connectivity index (χ1) is 10.3. The van der Waals surface area contributed by atoms with Gasteiger partial charge in [0, 0.05) is 16.3 Å². The minimum absolute atomic E-state index is 0.383. The number of nitrogens with zero attached hydrogens (tertiary/aromatic N) is 2. The molecule has 0 atom stereocenters. The highest BCUT2D eigenvalue weighted by Gasteiger charge is 2.23. The molecule has 0 N–H and O–H groups in total. The molecule has 0 saturated heterocycles. The number of hydrogen-bond acceptors (Lipinski definition) is 3. The summed E-state index contributed by atoms with van der Waals surface area (Å²) in [5, 5.41) is 10.7. The summed E-state index contributed by atoms with van der Waals surface area (Å²) in [4.78, 5) is 0. The number of ether oxygens (including phenoxy) is 1. The highest BCUT2D eigenvalue weighted by molar-refractivity contribution is 6.34. The predicted octanol–water partition coefficient (Wildman–Crippen LogP) is 4.49. The van der Waals surface area contributed by atoms with Gasteiger partial charge in [0.2, 0.25) is 0 Å². The molecule has 4 rings (SSSR count). The van der Waals surface area contributed by atoms with Gasteiger partial charge in [0.15, 0.2) is 5.15 Å². The molecule has 0 aliphatic heterocycles. The maximum atomic E-state index is 6.13. The highest BCUT2D eigenvalue weighted by Crippen LogP contribution is 2.33. The van der Waals surface area contributed by atoms with Gasteiger partial charge < -0.3 is 4.74 Å². The van der Waals surface area contributed by atoms with E-state index in [2.05, 4.69) is 10.2 Å². The van der Waals surface area contributed by atoms with Gasteiger partial charge in [-0.2, -0.15) is 0 Å². The second-order valence-corrected chi connectivity index (χ2v) is 5.59. The lowest BCUT2D eigenvalue weighted by Crippen LogP contribution is -1.96. The molecular weight excluding hydrogens is 284 g/mol. The lowest BCUT2D eigenvalue weighted by Gasteiger charge is -2.09. The van der Waals surface area contributed by atoms with E-state index >= 15 is 0 Å². The van der Waals surface area contributed by atoms with Crippen LogP contribution < -0.4 is 4.74 Å². The third-order valence-electron chi connectivity index (χ3n) is 3.58. The lowest BCUT2D eigenvalue weighted by molar-refractivity contribution is 0.303. The van der Waals surface area contributed by atoms with Crippen LogP contribution in [0.2, 0.25) is 5.15 Å². The van der Waals surface area contributed by atoms with Crippen LogP contribution in [-0.4, -0.2) is 16.3 Å². The van der Waals surface area contributed by atoms with Crippen LogP contribution >= 0.6 is 11.6 Å². The van der Waals surface area contributed by atoms with Crippen LogP contribution in [0.4, 0.5) is 0 Å². The second-order valence-electron chi connectivity index (χ2n) is 5.23. The molecule has 1 aromatic heterocycles. The number of hydrogen-bond donors (Lipinski definition) is 0. The van der Waals surface area contributed by atoms with Crippen LogP contribution in [0.15, 0.2) is 48.5 Å². The molecule has 1 saturated carbocycles. The quantitative estimate of drug-likeness (QED) is 0.714. The molecule has 1 aliphatic carbocycles. The summed E-state index contributed by atoms with van der Waals surface area (Å²) < 4.78 is 5.85. The molecule has 4 heteroatoms. The fraction of sp³-hybridized carbons (Fsp3) is 0.176. The normalized spacial score (nSPS) is 14.3. The van der Waals surface area contributed by atoms with E-state index in [9.17, 15) is 0 Å². The van der Waals surface area contributed by atoms with Gasteiger partial charge in [0.05, 0.1) is 6.10 Å². The predicted molar refractivity (Wildman–Crippen MR) is 83.6 cm³/mol. The summed E-state index contributed by atoms with van der Waals surface area (Å²) >= 11 is 6.13. The minimum atomic E-state index is 0.383. The monoisotopic (exact) mass is 296 g/mol. The molecule has 3 nitrogen and oxygen atoms in total. The smallest absolute Gasteiger partial charge is 0.159 e. The van der Waals surface area contributed by atoms with Gasteiger partial charge in [-0.05, 0) is 25.0 Å². The molecule has 2 aromatic carbocycles. The van der Waals surface area contributed by atoms with E-state index in [1.807, 2.05) is 48.5 Å². The zero-order chi connectivity index (χ0) is 14.2. The number of rotatable bonds is 3. The third-order valence-corrected chi connectivity index (χ3v) is 3.86. The Hall–Kier alpha value is -2.13. The van der Waals surface area contributed by atoms with Gasteiger partial charge >= 0.3 is 0 Å². The molecule has 104 valence electrons. The van der Waals surface area contributed by atoms with Crippen LogP contribution in [0, 0.1) is 0 Å². The van der Waals surface area contributed by atoms with Crippen LogP contribution in [0.3, 0.4) is 0 Å². The van der Waals surface area contributed by atoms with Gasteiger partial charge in [0.1, 0.15) is 11.4 Å². The SMILES string of the molecule is Clc1nnc(-c2cccc(OC3CC3)c2)c2ccccc12. The topological polar surface area (TPSA) is 35.0 Å². The van der Waals surface area contributed by atoms with Gasteiger partial charge in [-0.3, -0.25) is 0 Å². The van der Waals surface area contributed by atoms with E-state index in [4.69, 9.17) is 16.3 Å². The Labute approximate surface area is 127 Å². The maximum absolute atomic E-state index is 6.13. The van der Waals surface area contributed by atoms with Crippen LogP contribution in [0.5, 0.6) is 5.75 Å². The van der Waals surface area contributed by atoms with Crippen molar-refractivity contribution in [3.63, 3.8) is 0 Å². The Bertz CT molecular complexity index is 815.